The molecule has 5 heteroatoms. The molecule has 0 saturated carbocycles. The fourth-order valence-electron chi connectivity index (χ4n) is 0.483. The lowest BCUT2D eigenvalue weighted by Crippen LogP contribution is -2.69. The van der Waals surface area contributed by atoms with Crippen molar-refractivity contribution >= 4 is 0 Å². The van der Waals surface area contributed by atoms with Gasteiger partial charge in [-0.3, -0.25) is 16.8 Å². The first-order chi connectivity index (χ1) is 3.98. The van der Waals surface area contributed by atoms with E-state index < -0.39 is 5.79 Å². The number of nitrogens with two attached hydrogens (primary N) is 4. The molecule has 0 bridgehead atoms. The molecule has 9 heavy (non-hydrogen) atoms. The third kappa shape index (κ3) is 4.31. The predicted octanol–water partition coefficient (Wildman–Crippen LogP) is -2.59. The van der Waals surface area contributed by atoms with Gasteiger partial charge in [-0.25, -0.2) is 0 Å². The van der Waals surface area contributed by atoms with Crippen LogP contribution in [0.15, 0.2) is 0 Å². The Morgan fingerprint density at radius 3 is 2.11 bits per heavy atom. The van der Waals surface area contributed by atoms with Gasteiger partial charge in [0.1, 0.15) is 5.79 Å². The van der Waals surface area contributed by atoms with Gasteiger partial charge in [-0.2, -0.15) is 0 Å². The standard InChI is InChI=1S/C4H15N5/c1-3(6)9-4(7,8)2-5/h3,9H,2,5-8H2,1H3. The Balaban J connectivity index is 3.58. The number of hydrogen-bond donors (Lipinski definition) is 5. The van der Waals surface area contributed by atoms with Crippen LogP contribution in [-0.2, 0) is 0 Å². The molecule has 0 aromatic heterocycles. The Labute approximate surface area is 54.7 Å². The van der Waals surface area contributed by atoms with Crippen molar-refractivity contribution in [2.45, 2.75) is 18.9 Å². The van der Waals surface area contributed by atoms with E-state index in [9.17, 15) is 0 Å². The number of nitrogens with one attached hydrogen (secondary N) is 1. The summed E-state index contributed by atoms with van der Waals surface area (Å²) in [6.45, 7) is 1.90. The first kappa shape index (κ1) is 8.80. The molecule has 0 aliphatic rings. The highest BCUT2D eigenvalue weighted by molar-refractivity contribution is 4.75. The van der Waals surface area contributed by atoms with E-state index in [1.807, 2.05) is 0 Å². The van der Waals surface area contributed by atoms with Crippen molar-refractivity contribution in [1.82, 2.24) is 5.32 Å². The van der Waals surface area contributed by atoms with E-state index in [1.54, 1.807) is 6.92 Å². The normalized spacial score (nSPS) is 15.7. The van der Waals surface area contributed by atoms with Gasteiger partial charge in [0, 0.05) is 6.54 Å². The van der Waals surface area contributed by atoms with Crippen molar-refractivity contribution in [3.05, 3.63) is 0 Å². The van der Waals surface area contributed by atoms with Gasteiger partial charge in [0.15, 0.2) is 0 Å². The van der Waals surface area contributed by atoms with Crippen molar-refractivity contribution in [3.8, 4) is 0 Å². The lowest BCUT2D eigenvalue weighted by molar-refractivity contribution is 0.320. The van der Waals surface area contributed by atoms with Gasteiger partial charge < -0.3 is 11.5 Å². The molecule has 1 unspecified atom stereocenters. The Morgan fingerprint density at radius 1 is 1.56 bits per heavy atom. The third-order valence-electron chi connectivity index (χ3n) is 0.834. The second-order valence-electron chi connectivity index (χ2n) is 2.18. The van der Waals surface area contributed by atoms with Gasteiger partial charge in [-0.05, 0) is 6.92 Å². The molecule has 0 saturated heterocycles. The molecule has 1 atom stereocenters. The molecule has 0 fully saturated rings. The zero-order chi connectivity index (χ0) is 7.49. The Hall–Kier alpha value is -0.200. The molecule has 0 aromatic rings. The van der Waals surface area contributed by atoms with E-state index >= 15 is 0 Å². The first-order valence-corrected chi connectivity index (χ1v) is 2.79. The second-order valence-corrected chi connectivity index (χ2v) is 2.18. The molecule has 5 nitrogen and oxygen atoms in total. The van der Waals surface area contributed by atoms with E-state index in [1.165, 1.54) is 0 Å². The van der Waals surface area contributed by atoms with E-state index in [2.05, 4.69) is 5.32 Å². The van der Waals surface area contributed by atoms with Crippen LogP contribution in [0.3, 0.4) is 0 Å². The maximum absolute atomic E-state index is 5.38. The molecule has 0 aromatic carbocycles. The summed E-state index contributed by atoms with van der Waals surface area (Å²) in [7, 11) is 0. The largest absolute Gasteiger partial charge is 0.326 e. The molecule has 0 spiro atoms. The molecular weight excluding hydrogens is 118 g/mol. The van der Waals surface area contributed by atoms with Crippen LogP contribution in [0.1, 0.15) is 6.92 Å². The topological polar surface area (TPSA) is 116 Å². The summed E-state index contributed by atoms with van der Waals surface area (Å²) in [5, 5.41) is 2.68. The Kier molecular flexibility index (Phi) is 3.02. The summed E-state index contributed by atoms with van der Waals surface area (Å²) < 4.78 is 0. The van der Waals surface area contributed by atoms with Gasteiger partial charge >= 0.3 is 0 Å². The number of rotatable bonds is 3. The minimum Gasteiger partial charge on any atom is -0.326 e. The van der Waals surface area contributed by atoms with E-state index in [0.29, 0.717) is 0 Å². The molecule has 56 valence electrons. The summed E-state index contributed by atoms with van der Waals surface area (Å²) in [6, 6.07) is 0. The summed E-state index contributed by atoms with van der Waals surface area (Å²) in [5.41, 5.74) is 21.3. The average Bonchev–Trinajstić information content (AvgIpc) is 1.63. The second kappa shape index (κ2) is 3.09. The van der Waals surface area contributed by atoms with E-state index in [-0.39, 0.29) is 12.7 Å². The van der Waals surface area contributed by atoms with E-state index in [0.717, 1.165) is 0 Å². The van der Waals surface area contributed by atoms with Gasteiger partial charge in [0.2, 0.25) is 0 Å². The van der Waals surface area contributed by atoms with E-state index in [4.69, 9.17) is 22.9 Å². The highest BCUT2D eigenvalue weighted by atomic mass is 15.3. The highest BCUT2D eigenvalue weighted by Gasteiger charge is 2.16. The molecule has 0 amide bonds. The van der Waals surface area contributed by atoms with Gasteiger partial charge in [0.05, 0.1) is 6.17 Å². The fraction of sp³-hybridized carbons (Fsp3) is 1.00. The van der Waals surface area contributed by atoms with Crippen LogP contribution in [0.2, 0.25) is 0 Å². The minimum atomic E-state index is -1.03. The molecule has 0 radical (unpaired) electrons. The molecule has 0 rings (SSSR count). The maximum atomic E-state index is 5.38. The molecule has 0 heterocycles. The van der Waals surface area contributed by atoms with Crippen molar-refractivity contribution in [1.29, 1.82) is 0 Å². The van der Waals surface area contributed by atoms with Crippen LogP contribution in [0.25, 0.3) is 0 Å². The lowest BCUT2D eigenvalue weighted by atomic mass is 10.3. The lowest BCUT2D eigenvalue weighted by Gasteiger charge is -2.26. The SMILES string of the molecule is CC(N)NC(N)(N)CN. The van der Waals surface area contributed by atoms with Crippen LogP contribution in [-0.4, -0.2) is 18.5 Å². The van der Waals surface area contributed by atoms with Crippen molar-refractivity contribution in [3.63, 3.8) is 0 Å². The monoisotopic (exact) mass is 133 g/mol. The predicted molar refractivity (Wildman–Crippen MR) is 36.9 cm³/mol. The summed E-state index contributed by atoms with van der Waals surface area (Å²) in [4.78, 5) is 0. The van der Waals surface area contributed by atoms with Gasteiger partial charge in [-0.1, -0.05) is 0 Å². The van der Waals surface area contributed by atoms with Gasteiger partial charge in [0.25, 0.3) is 0 Å². The summed E-state index contributed by atoms with van der Waals surface area (Å²) >= 11 is 0. The Morgan fingerprint density at radius 2 is 2.00 bits per heavy atom. The van der Waals surface area contributed by atoms with Gasteiger partial charge in [-0.15, -0.1) is 0 Å². The van der Waals surface area contributed by atoms with Crippen LogP contribution < -0.4 is 28.3 Å². The zero-order valence-electron chi connectivity index (χ0n) is 5.59. The summed E-state index contributed by atoms with van der Waals surface area (Å²) in [5.74, 6) is -1.03. The van der Waals surface area contributed by atoms with Crippen LogP contribution >= 0.6 is 0 Å². The summed E-state index contributed by atoms with van der Waals surface area (Å²) in [6.07, 6.45) is -0.233. The Bertz CT molecular complexity index is 79.0. The van der Waals surface area contributed by atoms with Crippen LogP contribution in [0.4, 0.5) is 0 Å². The smallest absolute Gasteiger partial charge is 0.132 e. The zero-order valence-corrected chi connectivity index (χ0v) is 5.59. The van der Waals surface area contributed by atoms with Crippen molar-refractivity contribution < 1.29 is 0 Å². The molecule has 0 aliphatic heterocycles. The van der Waals surface area contributed by atoms with Crippen molar-refractivity contribution in [2.24, 2.45) is 22.9 Å². The number of hydrogen-bond acceptors (Lipinski definition) is 5. The highest BCUT2D eigenvalue weighted by Crippen LogP contribution is 1.79. The van der Waals surface area contributed by atoms with Crippen LogP contribution in [0, 0.1) is 0 Å². The maximum Gasteiger partial charge on any atom is 0.132 e. The fourth-order valence-corrected chi connectivity index (χ4v) is 0.483. The molecule has 0 aliphatic carbocycles. The minimum absolute atomic E-state index is 0.161. The first-order valence-electron chi connectivity index (χ1n) is 2.79. The van der Waals surface area contributed by atoms with Crippen LogP contribution in [0.5, 0.6) is 0 Å². The quantitative estimate of drug-likeness (QED) is 0.271. The molecular formula is C4H15N5. The van der Waals surface area contributed by atoms with Crippen molar-refractivity contribution in [2.75, 3.05) is 6.54 Å². The average molecular weight is 133 g/mol. The molecule has 9 N–H and O–H groups in total. The third-order valence-corrected chi connectivity index (χ3v) is 0.834.